The fraction of sp³-hybridized carbons (Fsp3) is 0.250. The zero-order valence-electron chi connectivity index (χ0n) is 10.5. The molecule has 1 amide bonds. The molecule has 0 spiro atoms. The van der Waals surface area contributed by atoms with E-state index in [-0.39, 0.29) is 35.1 Å². The van der Waals surface area contributed by atoms with Gasteiger partial charge in [-0.15, -0.1) is 10.2 Å². The van der Waals surface area contributed by atoms with Crippen LogP contribution in [0.3, 0.4) is 0 Å². The molecule has 0 saturated heterocycles. The quantitative estimate of drug-likeness (QED) is 0.660. The van der Waals surface area contributed by atoms with Crippen molar-refractivity contribution in [3.05, 3.63) is 24.0 Å². The molecule has 7 heteroatoms. The predicted molar refractivity (Wildman–Crippen MR) is 67.8 cm³/mol. The van der Waals surface area contributed by atoms with E-state index in [1.165, 1.54) is 18.2 Å². The van der Waals surface area contributed by atoms with E-state index in [1.807, 2.05) is 13.8 Å². The van der Waals surface area contributed by atoms with E-state index in [2.05, 4.69) is 20.5 Å². The van der Waals surface area contributed by atoms with E-state index >= 15 is 0 Å². The Bertz CT molecular complexity index is 607. The van der Waals surface area contributed by atoms with Gasteiger partial charge in [-0.3, -0.25) is 4.79 Å². The lowest BCUT2D eigenvalue weighted by atomic mass is 10.2. The minimum Gasteiger partial charge on any atom is -0.508 e. The number of aromatic hydroxyl groups is 2. The summed E-state index contributed by atoms with van der Waals surface area (Å²) in [5.41, 5.74) is 0.355. The lowest BCUT2D eigenvalue weighted by molar-refractivity contribution is 0.0933. The maximum Gasteiger partial charge on any atom is 0.289 e. The first-order chi connectivity index (χ1) is 8.97. The molecule has 2 aromatic rings. The first kappa shape index (κ1) is 12.9. The Kier molecular flexibility index (Phi) is 3.37. The number of rotatable bonds is 3. The molecule has 0 radical (unpaired) electrons. The second kappa shape index (κ2) is 4.97. The van der Waals surface area contributed by atoms with Crippen LogP contribution < -0.4 is 5.32 Å². The van der Waals surface area contributed by atoms with Crippen LogP contribution in [-0.4, -0.2) is 37.3 Å². The third-order valence-corrected chi connectivity index (χ3v) is 2.36. The molecule has 7 nitrogen and oxygen atoms in total. The topological polar surface area (TPSA) is 111 Å². The molecule has 100 valence electrons. The van der Waals surface area contributed by atoms with E-state index < -0.39 is 0 Å². The summed E-state index contributed by atoms with van der Waals surface area (Å²) in [4.78, 5) is 14.4. The normalized spacial score (nSPS) is 10.7. The number of nitrogens with one attached hydrogen (secondary N) is 2. The van der Waals surface area contributed by atoms with Crippen LogP contribution >= 0.6 is 0 Å². The van der Waals surface area contributed by atoms with Gasteiger partial charge in [-0.1, -0.05) is 0 Å². The van der Waals surface area contributed by atoms with E-state index in [1.54, 1.807) is 0 Å². The number of phenols is 2. The summed E-state index contributed by atoms with van der Waals surface area (Å²) in [7, 11) is 0. The fourth-order valence-corrected chi connectivity index (χ4v) is 1.54. The highest BCUT2D eigenvalue weighted by atomic mass is 16.3. The molecule has 0 fully saturated rings. The largest absolute Gasteiger partial charge is 0.508 e. The maximum atomic E-state index is 11.7. The van der Waals surface area contributed by atoms with Gasteiger partial charge in [0.25, 0.3) is 5.91 Å². The minimum atomic E-state index is -0.369. The summed E-state index contributed by atoms with van der Waals surface area (Å²) >= 11 is 0. The molecule has 0 atom stereocenters. The number of carbonyl (C=O) groups excluding carboxylic acids is 1. The summed E-state index contributed by atoms with van der Waals surface area (Å²) in [6.07, 6.45) is 0. The van der Waals surface area contributed by atoms with E-state index in [4.69, 9.17) is 0 Å². The number of nitrogens with zero attached hydrogens (tertiary/aromatic N) is 2. The highest BCUT2D eigenvalue weighted by molar-refractivity contribution is 5.91. The van der Waals surface area contributed by atoms with Gasteiger partial charge in [-0.2, -0.15) is 0 Å². The van der Waals surface area contributed by atoms with Crippen LogP contribution in [0.2, 0.25) is 0 Å². The molecule has 1 aromatic heterocycles. The SMILES string of the molecule is CC(C)NC(=O)c1nnc(-c2ccc(O)cc2O)[nH]1. The molecular formula is C12H14N4O3. The monoisotopic (exact) mass is 262 g/mol. The zero-order chi connectivity index (χ0) is 14.0. The van der Waals surface area contributed by atoms with E-state index in [0.29, 0.717) is 5.56 Å². The van der Waals surface area contributed by atoms with Crippen molar-refractivity contribution in [2.75, 3.05) is 0 Å². The van der Waals surface area contributed by atoms with Crippen molar-refractivity contribution in [3.8, 4) is 22.9 Å². The van der Waals surface area contributed by atoms with Gasteiger partial charge in [0.1, 0.15) is 11.5 Å². The fourth-order valence-electron chi connectivity index (χ4n) is 1.54. The third kappa shape index (κ3) is 2.82. The number of hydrogen-bond donors (Lipinski definition) is 4. The second-order valence-corrected chi connectivity index (χ2v) is 4.35. The number of carbonyl (C=O) groups is 1. The summed E-state index contributed by atoms with van der Waals surface area (Å²) in [5, 5.41) is 29.1. The van der Waals surface area contributed by atoms with Gasteiger partial charge in [-0.05, 0) is 26.0 Å². The van der Waals surface area contributed by atoms with Crippen LogP contribution in [0.25, 0.3) is 11.4 Å². The predicted octanol–water partition coefficient (Wildman–Crippen LogP) is 1.02. The van der Waals surface area contributed by atoms with Crippen LogP contribution in [0.15, 0.2) is 18.2 Å². The van der Waals surface area contributed by atoms with Gasteiger partial charge in [0, 0.05) is 12.1 Å². The molecule has 2 rings (SSSR count). The van der Waals surface area contributed by atoms with Crippen molar-refractivity contribution in [2.24, 2.45) is 0 Å². The first-order valence-electron chi connectivity index (χ1n) is 5.73. The molecule has 0 saturated carbocycles. The smallest absolute Gasteiger partial charge is 0.289 e. The van der Waals surface area contributed by atoms with Gasteiger partial charge in [0.05, 0.1) is 5.56 Å². The number of aromatic amines is 1. The van der Waals surface area contributed by atoms with Gasteiger partial charge >= 0.3 is 0 Å². The average molecular weight is 262 g/mol. The van der Waals surface area contributed by atoms with Crippen molar-refractivity contribution >= 4 is 5.91 Å². The molecule has 0 unspecified atom stereocenters. The number of benzene rings is 1. The summed E-state index contributed by atoms with van der Waals surface area (Å²) in [5.74, 6) is -0.250. The highest BCUT2D eigenvalue weighted by Gasteiger charge is 2.15. The van der Waals surface area contributed by atoms with Crippen LogP contribution in [0.5, 0.6) is 11.5 Å². The molecule has 4 N–H and O–H groups in total. The Hall–Kier alpha value is -2.57. The molecule has 0 aliphatic heterocycles. The van der Waals surface area contributed by atoms with Crippen LogP contribution in [0.4, 0.5) is 0 Å². The lowest BCUT2D eigenvalue weighted by Gasteiger charge is -2.05. The van der Waals surface area contributed by atoms with E-state index in [9.17, 15) is 15.0 Å². The molecule has 1 aromatic carbocycles. The minimum absolute atomic E-state index is 0.0110. The second-order valence-electron chi connectivity index (χ2n) is 4.35. The summed E-state index contributed by atoms with van der Waals surface area (Å²) < 4.78 is 0. The molecular weight excluding hydrogens is 248 g/mol. The van der Waals surface area contributed by atoms with Gasteiger partial charge < -0.3 is 20.5 Å². The molecule has 0 bridgehead atoms. The van der Waals surface area contributed by atoms with Crippen LogP contribution in [0.1, 0.15) is 24.5 Å². The van der Waals surface area contributed by atoms with Gasteiger partial charge in [0.2, 0.25) is 5.82 Å². The Morgan fingerprint density at radius 3 is 2.68 bits per heavy atom. The van der Waals surface area contributed by atoms with Gasteiger partial charge in [0.15, 0.2) is 5.82 Å². The molecule has 0 aliphatic carbocycles. The number of amides is 1. The van der Waals surface area contributed by atoms with Crippen molar-refractivity contribution in [3.63, 3.8) is 0 Å². The summed E-state index contributed by atoms with van der Waals surface area (Å²) in [6.45, 7) is 3.67. The van der Waals surface area contributed by atoms with Crippen molar-refractivity contribution < 1.29 is 15.0 Å². The number of aromatic nitrogens is 3. The lowest BCUT2D eigenvalue weighted by Crippen LogP contribution is -2.30. The summed E-state index contributed by atoms with van der Waals surface area (Å²) in [6, 6.07) is 4.06. The van der Waals surface area contributed by atoms with Crippen molar-refractivity contribution in [1.29, 1.82) is 0 Å². The average Bonchev–Trinajstić information content (AvgIpc) is 2.77. The molecule has 1 heterocycles. The Morgan fingerprint density at radius 2 is 2.05 bits per heavy atom. The number of hydrogen-bond acceptors (Lipinski definition) is 5. The zero-order valence-corrected chi connectivity index (χ0v) is 10.5. The first-order valence-corrected chi connectivity index (χ1v) is 5.73. The standard InChI is InChI=1S/C12H14N4O3/c1-6(2)13-12(19)11-14-10(15-16-11)8-4-3-7(17)5-9(8)18/h3-6,17-18H,1-2H3,(H,13,19)(H,14,15,16). The number of phenolic OH excluding ortho intramolecular Hbond substituents is 2. The Morgan fingerprint density at radius 1 is 1.32 bits per heavy atom. The van der Waals surface area contributed by atoms with Crippen molar-refractivity contribution in [2.45, 2.75) is 19.9 Å². The highest BCUT2D eigenvalue weighted by Crippen LogP contribution is 2.29. The van der Waals surface area contributed by atoms with Crippen LogP contribution in [0, 0.1) is 0 Å². The Balaban J connectivity index is 2.28. The number of H-pyrrole nitrogens is 1. The van der Waals surface area contributed by atoms with E-state index in [0.717, 1.165) is 0 Å². The molecule has 0 aliphatic rings. The third-order valence-electron chi connectivity index (χ3n) is 2.36. The van der Waals surface area contributed by atoms with Crippen LogP contribution in [-0.2, 0) is 0 Å². The van der Waals surface area contributed by atoms with Crippen molar-refractivity contribution in [1.82, 2.24) is 20.5 Å². The van der Waals surface area contributed by atoms with Gasteiger partial charge in [-0.25, -0.2) is 0 Å². The maximum absolute atomic E-state index is 11.7. The molecule has 19 heavy (non-hydrogen) atoms. The Labute approximate surface area is 109 Å².